The Labute approximate surface area is 100 Å². The van der Waals surface area contributed by atoms with Crippen molar-refractivity contribution in [3.8, 4) is 0 Å². The van der Waals surface area contributed by atoms with Crippen LogP contribution in [0.2, 0.25) is 0 Å². The first kappa shape index (κ1) is 13.9. The van der Waals surface area contributed by atoms with E-state index in [1.807, 2.05) is 0 Å². The van der Waals surface area contributed by atoms with Gasteiger partial charge in [-0.2, -0.15) is 0 Å². The van der Waals surface area contributed by atoms with Crippen LogP contribution in [-0.2, 0) is 4.74 Å². The first-order chi connectivity index (χ1) is 7.41. The lowest BCUT2D eigenvalue weighted by Crippen LogP contribution is -2.53. The van der Waals surface area contributed by atoms with Crippen LogP contribution >= 0.6 is 0 Å². The second-order valence-electron chi connectivity index (χ2n) is 6.26. The molecule has 0 aromatic rings. The maximum atomic E-state index is 5.88. The number of ether oxygens (including phenoxy) is 1. The second kappa shape index (κ2) is 5.48. The van der Waals surface area contributed by atoms with Crippen LogP contribution in [0.4, 0.5) is 0 Å². The molecule has 3 N–H and O–H groups in total. The van der Waals surface area contributed by atoms with Crippen LogP contribution in [0.25, 0.3) is 0 Å². The van der Waals surface area contributed by atoms with Crippen LogP contribution in [0.1, 0.15) is 46.5 Å². The van der Waals surface area contributed by atoms with Crippen molar-refractivity contribution < 1.29 is 4.74 Å². The number of rotatable bonds is 6. The van der Waals surface area contributed by atoms with Crippen LogP contribution in [0.3, 0.4) is 0 Å². The molecule has 0 saturated heterocycles. The van der Waals surface area contributed by atoms with E-state index in [9.17, 15) is 0 Å². The molecule has 1 saturated carbocycles. The van der Waals surface area contributed by atoms with E-state index >= 15 is 0 Å². The highest BCUT2D eigenvalue weighted by Gasteiger charge is 2.34. The Hall–Kier alpha value is -0.120. The SMILES string of the molecule is COCCC(C)(CN)NC1CCC(C)(C)C1. The van der Waals surface area contributed by atoms with E-state index < -0.39 is 0 Å². The highest BCUT2D eigenvalue weighted by atomic mass is 16.5. The lowest BCUT2D eigenvalue weighted by Gasteiger charge is -2.33. The average Bonchev–Trinajstić information content (AvgIpc) is 2.55. The first-order valence-corrected chi connectivity index (χ1v) is 6.37. The second-order valence-corrected chi connectivity index (χ2v) is 6.26. The number of hydrogen-bond acceptors (Lipinski definition) is 3. The zero-order chi connectivity index (χ0) is 12.2. The van der Waals surface area contributed by atoms with E-state index in [1.165, 1.54) is 19.3 Å². The third-order valence-corrected chi connectivity index (χ3v) is 3.83. The highest BCUT2D eigenvalue weighted by molar-refractivity contribution is 4.93. The molecule has 3 nitrogen and oxygen atoms in total. The van der Waals surface area contributed by atoms with Crippen molar-refractivity contribution in [3.05, 3.63) is 0 Å². The van der Waals surface area contributed by atoms with E-state index in [1.54, 1.807) is 7.11 Å². The molecule has 96 valence electrons. The van der Waals surface area contributed by atoms with Gasteiger partial charge in [0.05, 0.1) is 0 Å². The van der Waals surface area contributed by atoms with Gasteiger partial charge in [-0.25, -0.2) is 0 Å². The van der Waals surface area contributed by atoms with Gasteiger partial charge in [0.25, 0.3) is 0 Å². The lowest BCUT2D eigenvalue weighted by molar-refractivity contribution is 0.155. The molecule has 1 aliphatic rings. The maximum Gasteiger partial charge on any atom is 0.0480 e. The largest absolute Gasteiger partial charge is 0.385 e. The van der Waals surface area contributed by atoms with Crippen molar-refractivity contribution >= 4 is 0 Å². The van der Waals surface area contributed by atoms with Gasteiger partial charge in [-0.15, -0.1) is 0 Å². The highest BCUT2D eigenvalue weighted by Crippen LogP contribution is 2.37. The third-order valence-electron chi connectivity index (χ3n) is 3.83. The summed E-state index contributed by atoms with van der Waals surface area (Å²) in [4.78, 5) is 0. The Bertz CT molecular complexity index is 218. The summed E-state index contributed by atoms with van der Waals surface area (Å²) in [5.74, 6) is 0. The third kappa shape index (κ3) is 4.04. The lowest BCUT2D eigenvalue weighted by atomic mass is 9.91. The van der Waals surface area contributed by atoms with E-state index in [2.05, 4.69) is 26.1 Å². The van der Waals surface area contributed by atoms with E-state index in [0.717, 1.165) is 13.0 Å². The molecule has 2 unspecified atom stereocenters. The number of hydrogen-bond donors (Lipinski definition) is 2. The van der Waals surface area contributed by atoms with Gasteiger partial charge in [0.2, 0.25) is 0 Å². The van der Waals surface area contributed by atoms with Crippen molar-refractivity contribution in [1.29, 1.82) is 0 Å². The molecule has 1 fully saturated rings. The van der Waals surface area contributed by atoms with Crippen LogP contribution in [0.15, 0.2) is 0 Å². The summed E-state index contributed by atoms with van der Waals surface area (Å²) < 4.78 is 5.15. The normalized spacial score (nSPS) is 27.9. The van der Waals surface area contributed by atoms with Gasteiger partial charge in [0.15, 0.2) is 0 Å². The summed E-state index contributed by atoms with van der Waals surface area (Å²) in [5.41, 5.74) is 6.40. The smallest absolute Gasteiger partial charge is 0.0480 e. The molecule has 0 heterocycles. The van der Waals surface area contributed by atoms with Crippen molar-refractivity contribution in [3.63, 3.8) is 0 Å². The molecule has 0 aromatic heterocycles. The molecular weight excluding hydrogens is 200 g/mol. The predicted molar refractivity (Wildman–Crippen MR) is 68.5 cm³/mol. The van der Waals surface area contributed by atoms with Gasteiger partial charge in [0, 0.05) is 31.8 Å². The molecule has 0 aromatic carbocycles. The fourth-order valence-electron chi connectivity index (χ4n) is 2.61. The maximum absolute atomic E-state index is 5.88. The Morgan fingerprint density at radius 3 is 2.62 bits per heavy atom. The van der Waals surface area contributed by atoms with Gasteiger partial charge in [-0.3, -0.25) is 0 Å². The van der Waals surface area contributed by atoms with Crippen molar-refractivity contribution in [2.24, 2.45) is 11.1 Å². The first-order valence-electron chi connectivity index (χ1n) is 6.37. The predicted octanol–water partition coefficient (Wildman–Crippen LogP) is 1.91. The quantitative estimate of drug-likeness (QED) is 0.730. The molecular formula is C13H28N2O. The zero-order valence-corrected chi connectivity index (χ0v) is 11.3. The van der Waals surface area contributed by atoms with E-state index in [4.69, 9.17) is 10.5 Å². The summed E-state index contributed by atoms with van der Waals surface area (Å²) >= 11 is 0. The molecule has 0 amide bonds. The Morgan fingerprint density at radius 2 is 2.19 bits per heavy atom. The van der Waals surface area contributed by atoms with Crippen LogP contribution in [0.5, 0.6) is 0 Å². The van der Waals surface area contributed by atoms with Gasteiger partial charge >= 0.3 is 0 Å². The van der Waals surface area contributed by atoms with Crippen molar-refractivity contribution in [1.82, 2.24) is 5.32 Å². The molecule has 0 spiro atoms. The molecule has 0 radical (unpaired) electrons. The van der Waals surface area contributed by atoms with E-state index in [-0.39, 0.29) is 5.54 Å². The van der Waals surface area contributed by atoms with Gasteiger partial charge in [-0.1, -0.05) is 13.8 Å². The minimum atomic E-state index is 0.0289. The van der Waals surface area contributed by atoms with Crippen molar-refractivity contribution in [2.75, 3.05) is 20.3 Å². The summed E-state index contributed by atoms with van der Waals surface area (Å²) in [6.45, 7) is 8.36. The number of nitrogens with one attached hydrogen (secondary N) is 1. The summed E-state index contributed by atoms with van der Waals surface area (Å²) in [5, 5.41) is 3.73. The fraction of sp³-hybridized carbons (Fsp3) is 1.00. The minimum Gasteiger partial charge on any atom is -0.385 e. The molecule has 16 heavy (non-hydrogen) atoms. The number of methoxy groups -OCH3 is 1. The Balaban J connectivity index is 2.44. The van der Waals surface area contributed by atoms with Crippen LogP contribution in [-0.4, -0.2) is 31.8 Å². The van der Waals surface area contributed by atoms with Gasteiger partial charge in [-0.05, 0) is 38.0 Å². The molecule has 1 aliphatic carbocycles. The minimum absolute atomic E-state index is 0.0289. The Morgan fingerprint density at radius 1 is 1.50 bits per heavy atom. The monoisotopic (exact) mass is 228 g/mol. The van der Waals surface area contributed by atoms with Gasteiger partial charge in [0.1, 0.15) is 0 Å². The van der Waals surface area contributed by atoms with E-state index in [0.29, 0.717) is 18.0 Å². The standard InChI is InChI=1S/C13H28N2O/c1-12(2)6-5-11(9-12)15-13(3,10-14)7-8-16-4/h11,15H,5-10,14H2,1-4H3. The Kier molecular flexibility index (Phi) is 4.77. The molecule has 3 heteroatoms. The zero-order valence-electron chi connectivity index (χ0n) is 11.3. The summed E-state index contributed by atoms with van der Waals surface area (Å²) in [6, 6.07) is 0.625. The summed E-state index contributed by atoms with van der Waals surface area (Å²) in [7, 11) is 1.75. The molecule has 0 aliphatic heterocycles. The average molecular weight is 228 g/mol. The molecule has 2 atom stereocenters. The molecule has 1 rings (SSSR count). The summed E-state index contributed by atoms with van der Waals surface area (Å²) in [6.07, 6.45) is 4.83. The fourth-order valence-corrected chi connectivity index (χ4v) is 2.61. The number of nitrogens with two attached hydrogens (primary N) is 1. The molecule has 0 bridgehead atoms. The van der Waals surface area contributed by atoms with Crippen LogP contribution < -0.4 is 11.1 Å². The van der Waals surface area contributed by atoms with Crippen LogP contribution in [0, 0.1) is 5.41 Å². The topological polar surface area (TPSA) is 47.3 Å². The van der Waals surface area contributed by atoms with Crippen molar-refractivity contribution in [2.45, 2.75) is 58.0 Å². The van der Waals surface area contributed by atoms with Gasteiger partial charge < -0.3 is 15.8 Å².